The van der Waals surface area contributed by atoms with Crippen LogP contribution in [0.15, 0.2) is 72.9 Å². The lowest BCUT2D eigenvalue weighted by Crippen LogP contribution is -2.17. The monoisotopic (exact) mass is 397 g/mol. The molecule has 0 saturated heterocycles. The number of hydrogen-bond acceptors (Lipinski definition) is 5. The molecule has 0 bridgehead atoms. The van der Waals surface area contributed by atoms with Crippen LogP contribution in [-0.4, -0.2) is 19.2 Å². The molecule has 0 spiro atoms. The van der Waals surface area contributed by atoms with Crippen molar-refractivity contribution in [3.63, 3.8) is 0 Å². The van der Waals surface area contributed by atoms with Crippen molar-refractivity contribution in [1.82, 2.24) is 4.98 Å². The number of ether oxygens (including phenoxy) is 1. The molecule has 3 rings (SSSR count). The van der Waals surface area contributed by atoms with E-state index < -0.39 is 10.0 Å². The van der Waals surface area contributed by atoms with Crippen molar-refractivity contribution in [2.75, 3.05) is 15.8 Å². The normalized spacial score (nSPS) is 11.0. The molecule has 2 aromatic carbocycles. The van der Waals surface area contributed by atoms with E-state index in [-0.39, 0.29) is 5.75 Å². The zero-order valence-electron chi connectivity index (χ0n) is 15.6. The first kappa shape index (κ1) is 19.7. The van der Waals surface area contributed by atoms with Gasteiger partial charge < -0.3 is 10.1 Å². The number of benzene rings is 2. The van der Waals surface area contributed by atoms with Gasteiger partial charge in [-0.1, -0.05) is 43.7 Å². The van der Waals surface area contributed by atoms with Crippen molar-refractivity contribution in [2.45, 2.75) is 19.8 Å². The van der Waals surface area contributed by atoms with E-state index in [0.29, 0.717) is 18.0 Å². The summed E-state index contributed by atoms with van der Waals surface area (Å²) in [6.07, 6.45) is 3.02. The molecule has 3 aromatic rings. The van der Waals surface area contributed by atoms with Crippen LogP contribution >= 0.6 is 0 Å². The minimum Gasteiger partial charge on any atom is -0.455 e. The molecular weight excluding hydrogens is 374 g/mol. The number of nitrogens with zero attached hydrogens (tertiary/aromatic N) is 1. The quantitative estimate of drug-likeness (QED) is 0.521. The van der Waals surface area contributed by atoms with Crippen molar-refractivity contribution in [3.8, 4) is 11.5 Å². The Morgan fingerprint density at radius 1 is 0.964 bits per heavy atom. The fourth-order valence-corrected chi connectivity index (χ4v) is 3.71. The maximum atomic E-state index is 12.0. The summed E-state index contributed by atoms with van der Waals surface area (Å²) in [6.45, 7) is 1.95. The lowest BCUT2D eigenvalue weighted by Gasteiger charge is -2.13. The van der Waals surface area contributed by atoms with Gasteiger partial charge in [-0.15, -0.1) is 0 Å². The lowest BCUT2D eigenvalue weighted by molar-refractivity contribution is 0.485. The molecule has 0 aliphatic rings. The maximum Gasteiger partial charge on any atom is 0.233 e. The van der Waals surface area contributed by atoms with E-state index in [0.717, 1.165) is 23.5 Å². The van der Waals surface area contributed by atoms with Gasteiger partial charge in [0, 0.05) is 0 Å². The van der Waals surface area contributed by atoms with Crippen molar-refractivity contribution >= 4 is 27.2 Å². The van der Waals surface area contributed by atoms with Crippen LogP contribution in [0.2, 0.25) is 0 Å². The molecule has 28 heavy (non-hydrogen) atoms. The van der Waals surface area contributed by atoms with Crippen LogP contribution in [0, 0.1) is 0 Å². The average Bonchev–Trinajstić information content (AvgIpc) is 2.70. The van der Waals surface area contributed by atoms with Gasteiger partial charge >= 0.3 is 0 Å². The lowest BCUT2D eigenvalue weighted by atomic mass is 10.2. The molecule has 0 aliphatic heterocycles. The smallest absolute Gasteiger partial charge is 0.233 e. The van der Waals surface area contributed by atoms with Crippen molar-refractivity contribution in [2.24, 2.45) is 0 Å². The van der Waals surface area contributed by atoms with Gasteiger partial charge in [0.05, 0.1) is 23.3 Å². The Labute approximate surface area is 165 Å². The van der Waals surface area contributed by atoms with Gasteiger partial charge in [-0.3, -0.25) is 4.72 Å². The summed E-state index contributed by atoms with van der Waals surface area (Å²) in [5.41, 5.74) is 1.50. The van der Waals surface area contributed by atoms with E-state index in [1.807, 2.05) is 61.5 Å². The predicted octanol–water partition coefficient (Wildman–Crippen LogP) is 5.16. The molecule has 0 radical (unpaired) electrons. The summed E-state index contributed by atoms with van der Waals surface area (Å²) in [5, 5.41) is 3.25. The van der Waals surface area contributed by atoms with Crippen LogP contribution < -0.4 is 14.8 Å². The Hall–Kier alpha value is -3.06. The molecule has 0 aliphatic carbocycles. The maximum absolute atomic E-state index is 12.0. The van der Waals surface area contributed by atoms with Crippen molar-refractivity contribution in [3.05, 3.63) is 72.9 Å². The molecule has 7 heteroatoms. The molecule has 0 saturated carbocycles. The number of unbranched alkanes of at least 4 members (excludes halogenated alkanes) is 1. The summed E-state index contributed by atoms with van der Waals surface area (Å²) in [6, 6.07) is 20.5. The molecule has 146 valence electrons. The van der Waals surface area contributed by atoms with E-state index >= 15 is 0 Å². The Kier molecular flexibility index (Phi) is 6.49. The van der Waals surface area contributed by atoms with Crippen molar-refractivity contribution < 1.29 is 13.2 Å². The topological polar surface area (TPSA) is 80.3 Å². The first-order valence-electron chi connectivity index (χ1n) is 9.11. The molecule has 6 nitrogen and oxygen atoms in total. The summed E-state index contributed by atoms with van der Waals surface area (Å²) in [7, 11) is -3.36. The van der Waals surface area contributed by atoms with Crippen LogP contribution in [0.4, 0.5) is 17.2 Å². The zero-order chi connectivity index (χ0) is 19.8. The number of anilines is 3. The standard InChI is InChI=1S/C21H23N3O3S/c1-2-3-15-28(25,26)24-21-14-13-17(16-22-21)23-19-11-7-8-12-20(19)27-18-9-5-4-6-10-18/h4-14,16,23H,2-3,15H2,1H3,(H,22,24). The summed E-state index contributed by atoms with van der Waals surface area (Å²) < 4.78 is 32.4. The second-order valence-corrected chi connectivity index (χ2v) is 8.08. The molecule has 1 heterocycles. The molecule has 1 aromatic heterocycles. The molecular formula is C21H23N3O3S. The molecule has 0 atom stereocenters. The van der Waals surface area contributed by atoms with Gasteiger partial charge in [0.15, 0.2) is 5.75 Å². The highest BCUT2D eigenvalue weighted by molar-refractivity contribution is 7.92. The van der Waals surface area contributed by atoms with Gasteiger partial charge in [0.2, 0.25) is 10.0 Å². The van der Waals surface area contributed by atoms with Crippen LogP contribution in [0.25, 0.3) is 0 Å². The predicted molar refractivity (Wildman–Crippen MR) is 113 cm³/mol. The highest BCUT2D eigenvalue weighted by atomic mass is 32.2. The number of para-hydroxylation sites is 3. The minimum absolute atomic E-state index is 0.0926. The SMILES string of the molecule is CCCCS(=O)(=O)Nc1ccc(Nc2ccccc2Oc2ccccc2)cn1. The van der Waals surface area contributed by atoms with E-state index in [4.69, 9.17) is 4.74 Å². The van der Waals surface area contributed by atoms with Crippen LogP contribution in [-0.2, 0) is 10.0 Å². The van der Waals surface area contributed by atoms with Crippen LogP contribution in [0.1, 0.15) is 19.8 Å². The molecule has 0 unspecified atom stereocenters. The van der Waals surface area contributed by atoms with E-state index in [9.17, 15) is 8.42 Å². The summed E-state index contributed by atoms with van der Waals surface area (Å²) in [4.78, 5) is 4.19. The molecule has 2 N–H and O–H groups in total. The highest BCUT2D eigenvalue weighted by Gasteiger charge is 2.10. The summed E-state index contributed by atoms with van der Waals surface area (Å²) >= 11 is 0. The number of hydrogen-bond donors (Lipinski definition) is 2. The fraction of sp³-hybridized carbons (Fsp3) is 0.190. The number of sulfonamides is 1. The van der Waals surface area contributed by atoms with Gasteiger partial charge in [-0.25, -0.2) is 13.4 Å². The number of rotatable bonds is 9. The number of pyridine rings is 1. The van der Waals surface area contributed by atoms with Crippen LogP contribution in [0.5, 0.6) is 11.5 Å². The first-order valence-corrected chi connectivity index (χ1v) is 10.8. The van der Waals surface area contributed by atoms with Gasteiger partial charge in [0.1, 0.15) is 11.6 Å². The van der Waals surface area contributed by atoms with E-state index in [1.54, 1.807) is 18.3 Å². The van der Waals surface area contributed by atoms with Gasteiger partial charge in [0.25, 0.3) is 0 Å². The zero-order valence-corrected chi connectivity index (χ0v) is 16.4. The Morgan fingerprint density at radius 2 is 1.71 bits per heavy atom. The summed E-state index contributed by atoms with van der Waals surface area (Å²) in [5.74, 6) is 1.82. The van der Waals surface area contributed by atoms with Gasteiger partial charge in [-0.2, -0.15) is 0 Å². The third-order valence-corrected chi connectivity index (χ3v) is 5.27. The highest BCUT2D eigenvalue weighted by Crippen LogP contribution is 2.31. The average molecular weight is 398 g/mol. The molecule has 0 fully saturated rings. The van der Waals surface area contributed by atoms with Crippen LogP contribution in [0.3, 0.4) is 0 Å². The molecule has 0 amide bonds. The number of nitrogens with one attached hydrogen (secondary N) is 2. The fourth-order valence-electron chi connectivity index (χ4n) is 2.50. The van der Waals surface area contributed by atoms with Crippen molar-refractivity contribution in [1.29, 1.82) is 0 Å². The van der Waals surface area contributed by atoms with E-state index in [2.05, 4.69) is 15.0 Å². The largest absolute Gasteiger partial charge is 0.455 e. The second kappa shape index (κ2) is 9.23. The van der Waals surface area contributed by atoms with E-state index in [1.165, 1.54) is 0 Å². The van der Waals surface area contributed by atoms with Gasteiger partial charge in [-0.05, 0) is 42.8 Å². The number of aromatic nitrogens is 1. The Balaban J connectivity index is 1.69. The third kappa shape index (κ3) is 5.72. The minimum atomic E-state index is -3.36. The second-order valence-electron chi connectivity index (χ2n) is 6.24. The Bertz CT molecular complexity index is 991. The first-order chi connectivity index (χ1) is 13.6. The third-order valence-electron chi connectivity index (χ3n) is 3.93. The Morgan fingerprint density at radius 3 is 2.43 bits per heavy atom.